The number of benzene rings is 2. The van der Waals surface area contributed by atoms with Crippen molar-refractivity contribution in [2.45, 2.75) is 19.3 Å². The van der Waals surface area contributed by atoms with Crippen LogP contribution in [-0.2, 0) is 11.2 Å². The van der Waals surface area contributed by atoms with Crippen LogP contribution in [0, 0.1) is 11.7 Å². The fraction of sp³-hybridized carbons (Fsp3) is 0.364. The van der Waals surface area contributed by atoms with Crippen LogP contribution in [0.4, 0.5) is 9.52 Å². The number of piperidine rings is 1. The highest BCUT2D eigenvalue weighted by atomic mass is 32.1. The average Bonchev–Trinajstić information content (AvgIpc) is 3.17. The third-order valence-electron chi connectivity index (χ3n) is 5.27. The first-order valence-electron chi connectivity index (χ1n) is 9.84. The van der Waals surface area contributed by atoms with E-state index in [1.165, 1.54) is 23.5 Å². The van der Waals surface area contributed by atoms with Gasteiger partial charge in [0.25, 0.3) is 0 Å². The van der Waals surface area contributed by atoms with Crippen LogP contribution >= 0.6 is 11.3 Å². The molecule has 1 aliphatic heterocycles. The maximum absolute atomic E-state index is 13.4. The van der Waals surface area contributed by atoms with Gasteiger partial charge in [-0.1, -0.05) is 23.5 Å². The van der Waals surface area contributed by atoms with Gasteiger partial charge in [0.15, 0.2) is 5.13 Å². The van der Waals surface area contributed by atoms with E-state index in [4.69, 9.17) is 4.74 Å². The number of fused-ring (bicyclic) bond motifs is 1. The molecule has 0 saturated carbocycles. The first kappa shape index (κ1) is 19.6. The van der Waals surface area contributed by atoms with Gasteiger partial charge in [-0.3, -0.25) is 4.79 Å². The summed E-state index contributed by atoms with van der Waals surface area (Å²) in [7, 11) is 1.65. The molecule has 29 heavy (non-hydrogen) atoms. The van der Waals surface area contributed by atoms with Crippen molar-refractivity contribution in [1.29, 1.82) is 0 Å². The zero-order chi connectivity index (χ0) is 20.2. The highest BCUT2D eigenvalue weighted by Gasteiger charge is 2.27. The molecule has 152 valence electrons. The lowest BCUT2D eigenvalue weighted by molar-refractivity contribution is -0.125. The van der Waals surface area contributed by atoms with Gasteiger partial charge in [0.1, 0.15) is 11.6 Å². The van der Waals surface area contributed by atoms with Crippen LogP contribution in [0.25, 0.3) is 10.2 Å². The topological polar surface area (TPSA) is 54.5 Å². The van der Waals surface area contributed by atoms with Crippen LogP contribution in [0.5, 0.6) is 5.75 Å². The number of thiazole rings is 1. The third-order valence-corrected chi connectivity index (χ3v) is 6.35. The molecular formula is C22H24FN3O2S. The van der Waals surface area contributed by atoms with Crippen molar-refractivity contribution in [3.05, 3.63) is 53.8 Å². The molecule has 3 aromatic rings. The summed E-state index contributed by atoms with van der Waals surface area (Å²) in [5.74, 6) is 0.622. The SMILES string of the molecule is COc1ccc(CCNC(=O)C2CCCN(c3nc4ccc(F)cc4s3)C2)cc1. The van der Waals surface area contributed by atoms with Gasteiger partial charge in [-0.25, -0.2) is 9.37 Å². The number of nitrogens with one attached hydrogen (secondary N) is 1. The highest BCUT2D eigenvalue weighted by Crippen LogP contribution is 2.32. The standard InChI is InChI=1S/C22H24FN3O2S/c1-28-18-7-4-15(5-8-18)10-11-24-21(27)16-3-2-12-26(14-16)22-25-19-9-6-17(23)13-20(19)29-22/h4-9,13,16H,2-3,10-12,14H2,1H3,(H,24,27). The second-order valence-electron chi connectivity index (χ2n) is 7.28. The highest BCUT2D eigenvalue weighted by molar-refractivity contribution is 7.22. The van der Waals surface area contributed by atoms with Gasteiger partial charge in [0, 0.05) is 19.6 Å². The summed E-state index contributed by atoms with van der Waals surface area (Å²) in [6, 6.07) is 12.6. The van der Waals surface area contributed by atoms with E-state index in [1.54, 1.807) is 13.2 Å². The molecule has 0 bridgehead atoms. The molecule has 1 aromatic heterocycles. The first-order valence-corrected chi connectivity index (χ1v) is 10.7. The Balaban J connectivity index is 1.32. The second-order valence-corrected chi connectivity index (χ2v) is 8.29. The number of rotatable bonds is 6. The van der Waals surface area contributed by atoms with E-state index in [1.807, 2.05) is 24.3 Å². The zero-order valence-corrected chi connectivity index (χ0v) is 17.2. The van der Waals surface area contributed by atoms with Gasteiger partial charge in [-0.05, 0) is 55.2 Å². The fourth-order valence-electron chi connectivity index (χ4n) is 3.65. The molecule has 1 amide bonds. The third kappa shape index (κ3) is 4.67. The predicted molar refractivity (Wildman–Crippen MR) is 114 cm³/mol. The van der Waals surface area contributed by atoms with E-state index in [9.17, 15) is 9.18 Å². The normalized spacial score (nSPS) is 16.8. The van der Waals surface area contributed by atoms with Crippen molar-refractivity contribution in [3.63, 3.8) is 0 Å². The number of amides is 1. The van der Waals surface area contributed by atoms with E-state index >= 15 is 0 Å². The number of carbonyl (C=O) groups is 1. The Morgan fingerprint density at radius 3 is 2.93 bits per heavy atom. The minimum absolute atomic E-state index is 0.0524. The number of hydrogen-bond donors (Lipinski definition) is 1. The molecular weight excluding hydrogens is 389 g/mol. The lowest BCUT2D eigenvalue weighted by atomic mass is 9.97. The predicted octanol–water partition coefficient (Wildman–Crippen LogP) is 4.02. The van der Waals surface area contributed by atoms with Crippen LogP contribution in [-0.4, -0.2) is 37.6 Å². The van der Waals surface area contributed by atoms with E-state index in [2.05, 4.69) is 15.2 Å². The molecule has 0 radical (unpaired) electrons. The number of anilines is 1. The van der Waals surface area contributed by atoms with E-state index in [0.717, 1.165) is 52.5 Å². The summed E-state index contributed by atoms with van der Waals surface area (Å²) in [5, 5.41) is 3.93. The lowest BCUT2D eigenvalue weighted by Gasteiger charge is -2.31. The molecule has 0 aliphatic carbocycles. The first-order chi connectivity index (χ1) is 14.1. The van der Waals surface area contributed by atoms with E-state index in [-0.39, 0.29) is 17.6 Å². The smallest absolute Gasteiger partial charge is 0.224 e. The Labute approximate surface area is 173 Å². The Morgan fingerprint density at radius 2 is 2.14 bits per heavy atom. The average molecular weight is 414 g/mol. The Kier molecular flexibility index (Phi) is 5.94. The molecule has 1 saturated heterocycles. The monoisotopic (exact) mass is 413 g/mol. The van der Waals surface area contributed by atoms with Crippen molar-refractivity contribution in [1.82, 2.24) is 10.3 Å². The summed E-state index contributed by atoms with van der Waals surface area (Å²) in [5.41, 5.74) is 1.97. The van der Waals surface area contributed by atoms with Crippen molar-refractivity contribution < 1.29 is 13.9 Å². The van der Waals surface area contributed by atoms with Gasteiger partial charge in [-0.2, -0.15) is 0 Å². The number of nitrogens with zero attached hydrogens (tertiary/aromatic N) is 2. The molecule has 1 N–H and O–H groups in total. The maximum atomic E-state index is 13.4. The van der Waals surface area contributed by atoms with Gasteiger partial charge >= 0.3 is 0 Å². The van der Waals surface area contributed by atoms with Crippen LogP contribution in [0.1, 0.15) is 18.4 Å². The summed E-state index contributed by atoms with van der Waals surface area (Å²) >= 11 is 1.48. The number of hydrogen-bond acceptors (Lipinski definition) is 5. The minimum atomic E-state index is -0.250. The quantitative estimate of drug-likeness (QED) is 0.663. The number of aromatic nitrogens is 1. The van der Waals surface area contributed by atoms with Crippen LogP contribution in [0.2, 0.25) is 0 Å². The van der Waals surface area contributed by atoms with Gasteiger partial charge < -0.3 is 15.0 Å². The second kappa shape index (κ2) is 8.78. The molecule has 1 unspecified atom stereocenters. The molecule has 7 heteroatoms. The van der Waals surface area contributed by atoms with Crippen molar-refractivity contribution in [2.24, 2.45) is 5.92 Å². The maximum Gasteiger partial charge on any atom is 0.224 e. The van der Waals surface area contributed by atoms with Gasteiger partial charge in [0.05, 0.1) is 23.2 Å². The Hall–Kier alpha value is -2.67. The fourth-order valence-corrected chi connectivity index (χ4v) is 4.68. The lowest BCUT2D eigenvalue weighted by Crippen LogP contribution is -2.43. The molecule has 1 atom stereocenters. The van der Waals surface area contributed by atoms with Crippen LogP contribution < -0.4 is 15.0 Å². The Morgan fingerprint density at radius 1 is 1.31 bits per heavy atom. The van der Waals surface area contributed by atoms with E-state index < -0.39 is 0 Å². The van der Waals surface area contributed by atoms with Crippen molar-refractivity contribution >= 4 is 32.6 Å². The summed E-state index contributed by atoms with van der Waals surface area (Å²) in [6.07, 6.45) is 2.61. The summed E-state index contributed by atoms with van der Waals surface area (Å²) in [4.78, 5) is 19.4. The van der Waals surface area contributed by atoms with Crippen LogP contribution in [0.3, 0.4) is 0 Å². The van der Waals surface area contributed by atoms with Crippen molar-refractivity contribution in [2.75, 3.05) is 31.6 Å². The van der Waals surface area contributed by atoms with E-state index in [0.29, 0.717) is 13.1 Å². The largest absolute Gasteiger partial charge is 0.497 e. The van der Waals surface area contributed by atoms with Gasteiger partial charge in [0.2, 0.25) is 5.91 Å². The molecule has 2 aromatic carbocycles. The molecule has 4 rings (SSSR count). The summed E-state index contributed by atoms with van der Waals surface area (Å²) in [6.45, 7) is 2.14. The molecule has 2 heterocycles. The molecule has 1 aliphatic rings. The Bertz CT molecular complexity index is 989. The number of halogens is 1. The minimum Gasteiger partial charge on any atom is -0.497 e. The van der Waals surface area contributed by atoms with Crippen LogP contribution in [0.15, 0.2) is 42.5 Å². The van der Waals surface area contributed by atoms with Crippen molar-refractivity contribution in [3.8, 4) is 5.75 Å². The molecule has 5 nitrogen and oxygen atoms in total. The molecule has 0 spiro atoms. The number of carbonyl (C=O) groups excluding carboxylic acids is 1. The zero-order valence-electron chi connectivity index (χ0n) is 16.4. The summed E-state index contributed by atoms with van der Waals surface area (Å²) < 4.78 is 19.4. The van der Waals surface area contributed by atoms with Gasteiger partial charge in [-0.15, -0.1) is 0 Å². The number of methoxy groups -OCH3 is 1. The number of ether oxygens (including phenoxy) is 1. The molecule has 1 fully saturated rings.